The summed E-state index contributed by atoms with van der Waals surface area (Å²) in [6.45, 7) is 0. The minimum Gasteiger partial charge on any atom is -0.289 e. The van der Waals surface area contributed by atoms with Crippen molar-refractivity contribution in [1.82, 2.24) is 14.6 Å². The Balaban J connectivity index is 1.62. The van der Waals surface area contributed by atoms with Gasteiger partial charge in [-0.3, -0.25) is 4.79 Å². The van der Waals surface area contributed by atoms with Gasteiger partial charge in [-0.1, -0.05) is 100 Å². The van der Waals surface area contributed by atoms with Gasteiger partial charge in [0.2, 0.25) is 4.96 Å². The Hall–Kier alpha value is -3.35. The molecule has 4 nitrogen and oxygen atoms in total. The van der Waals surface area contributed by atoms with Gasteiger partial charge in [-0.25, -0.2) is 9.50 Å². The Morgan fingerprint density at radius 1 is 0.871 bits per heavy atom. The lowest BCUT2D eigenvalue weighted by atomic mass is 10.1. The third-order valence-corrected chi connectivity index (χ3v) is 6.31. The van der Waals surface area contributed by atoms with Crippen LogP contribution in [-0.4, -0.2) is 20.4 Å². The van der Waals surface area contributed by atoms with E-state index in [2.05, 4.69) is 15.9 Å². The number of nitrogens with zero attached hydrogens (tertiary/aromatic N) is 3. The molecule has 0 unspecified atom stereocenters. The summed E-state index contributed by atoms with van der Waals surface area (Å²) < 4.78 is 2.82. The number of carbonyl (C=O) groups is 1. The molecule has 0 aliphatic heterocycles. The van der Waals surface area contributed by atoms with Crippen LogP contribution in [-0.2, 0) is 0 Å². The maximum atomic E-state index is 12.7. The maximum Gasteiger partial charge on any atom is 0.213 e. The SMILES string of the molecule is O=C(/C=C/c1c(-c2ccc(Br)cc2)nc2sc(-c3ccccc3)nn12)c1ccccc1. The molecule has 6 heteroatoms. The predicted molar refractivity (Wildman–Crippen MR) is 129 cm³/mol. The highest BCUT2D eigenvalue weighted by atomic mass is 79.9. The van der Waals surface area contributed by atoms with Crippen LogP contribution in [0, 0.1) is 0 Å². The molecule has 31 heavy (non-hydrogen) atoms. The average molecular weight is 486 g/mol. The molecule has 5 aromatic rings. The lowest BCUT2D eigenvalue weighted by Gasteiger charge is -2.01. The Morgan fingerprint density at radius 3 is 2.26 bits per heavy atom. The van der Waals surface area contributed by atoms with Crippen LogP contribution in [0.3, 0.4) is 0 Å². The van der Waals surface area contributed by atoms with E-state index in [-0.39, 0.29) is 5.78 Å². The summed E-state index contributed by atoms with van der Waals surface area (Å²) in [5.41, 5.74) is 4.23. The summed E-state index contributed by atoms with van der Waals surface area (Å²) in [6, 6.07) is 27.2. The fourth-order valence-corrected chi connectivity index (χ4v) is 4.46. The van der Waals surface area contributed by atoms with E-state index < -0.39 is 0 Å². The van der Waals surface area contributed by atoms with Crippen LogP contribution in [0.2, 0.25) is 0 Å². The van der Waals surface area contributed by atoms with Crippen molar-refractivity contribution in [3.63, 3.8) is 0 Å². The van der Waals surface area contributed by atoms with Crippen LogP contribution < -0.4 is 0 Å². The van der Waals surface area contributed by atoms with Crippen LogP contribution >= 0.6 is 27.3 Å². The summed E-state index contributed by atoms with van der Waals surface area (Å²) in [5.74, 6) is -0.0594. The molecule has 0 aliphatic carbocycles. The van der Waals surface area contributed by atoms with E-state index in [1.165, 1.54) is 11.3 Å². The number of benzene rings is 3. The number of rotatable bonds is 5. The number of fused-ring (bicyclic) bond motifs is 1. The van der Waals surface area contributed by atoms with Crippen LogP contribution in [0.1, 0.15) is 16.1 Å². The van der Waals surface area contributed by atoms with Crippen molar-refractivity contribution in [3.8, 4) is 21.8 Å². The van der Waals surface area contributed by atoms with Gasteiger partial charge in [0, 0.05) is 21.2 Å². The van der Waals surface area contributed by atoms with E-state index in [0.717, 1.165) is 37.0 Å². The lowest BCUT2D eigenvalue weighted by molar-refractivity contribution is 0.104. The zero-order valence-corrected chi connectivity index (χ0v) is 18.7. The molecule has 2 heterocycles. The van der Waals surface area contributed by atoms with Gasteiger partial charge in [-0.15, -0.1) is 0 Å². The number of aromatic nitrogens is 3. The fraction of sp³-hybridized carbons (Fsp3) is 0. The first-order chi connectivity index (χ1) is 15.2. The molecule has 0 amide bonds. The van der Waals surface area contributed by atoms with Crippen LogP contribution in [0.5, 0.6) is 0 Å². The molecule has 0 spiro atoms. The monoisotopic (exact) mass is 485 g/mol. The summed E-state index contributed by atoms with van der Waals surface area (Å²) in [5, 5.41) is 5.68. The minimum absolute atomic E-state index is 0.0594. The molecule has 0 saturated carbocycles. The van der Waals surface area contributed by atoms with Gasteiger partial charge in [0.1, 0.15) is 5.01 Å². The highest BCUT2D eigenvalue weighted by Gasteiger charge is 2.17. The first-order valence-electron chi connectivity index (χ1n) is 9.67. The molecule has 3 aromatic carbocycles. The molecule has 0 bridgehead atoms. The zero-order chi connectivity index (χ0) is 21.2. The van der Waals surface area contributed by atoms with Crippen molar-refractivity contribution in [1.29, 1.82) is 0 Å². The molecule has 0 N–H and O–H groups in total. The first-order valence-corrected chi connectivity index (χ1v) is 11.3. The second kappa shape index (κ2) is 8.41. The lowest BCUT2D eigenvalue weighted by Crippen LogP contribution is -1.95. The Labute approximate surface area is 191 Å². The number of allylic oxidation sites excluding steroid dienone is 1. The van der Waals surface area contributed by atoms with Gasteiger partial charge in [0.25, 0.3) is 0 Å². The standard InChI is InChI=1S/C25H16BrN3OS/c26-20-13-11-18(12-14-20)23-21(15-16-22(30)17-7-3-1-4-8-17)29-25(27-23)31-24(28-29)19-9-5-2-6-10-19/h1-16H/b16-15+. The number of carbonyl (C=O) groups excluding carboxylic acids is 1. The molecular formula is C25H16BrN3OS. The molecule has 2 aromatic heterocycles. The molecule has 0 fully saturated rings. The summed E-state index contributed by atoms with van der Waals surface area (Å²) >= 11 is 5.01. The molecular weight excluding hydrogens is 470 g/mol. The van der Waals surface area contributed by atoms with Crippen molar-refractivity contribution in [3.05, 3.63) is 107 Å². The third kappa shape index (κ3) is 4.00. The van der Waals surface area contributed by atoms with E-state index in [0.29, 0.717) is 5.56 Å². The van der Waals surface area contributed by atoms with Gasteiger partial charge in [0.15, 0.2) is 5.78 Å². The van der Waals surface area contributed by atoms with E-state index in [1.807, 2.05) is 89.4 Å². The zero-order valence-electron chi connectivity index (χ0n) is 16.3. The van der Waals surface area contributed by atoms with Crippen LogP contribution in [0.25, 0.3) is 32.9 Å². The Morgan fingerprint density at radius 2 is 1.55 bits per heavy atom. The number of ketones is 1. The highest BCUT2D eigenvalue weighted by molar-refractivity contribution is 9.10. The average Bonchev–Trinajstić information content (AvgIpc) is 3.38. The van der Waals surface area contributed by atoms with E-state index in [9.17, 15) is 4.79 Å². The maximum absolute atomic E-state index is 12.7. The molecule has 150 valence electrons. The largest absolute Gasteiger partial charge is 0.289 e. The smallest absolute Gasteiger partial charge is 0.213 e. The van der Waals surface area contributed by atoms with Crippen molar-refractivity contribution in [2.75, 3.05) is 0 Å². The van der Waals surface area contributed by atoms with Crippen molar-refractivity contribution >= 4 is 44.1 Å². The highest BCUT2D eigenvalue weighted by Crippen LogP contribution is 2.32. The van der Waals surface area contributed by atoms with Crippen LogP contribution in [0.4, 0.5) is 0 Å². The first kappa shape index (κ1) is 19.6. The van der Waals surface area contributed by atoms with Crippen LogP contribution in [0.15, 0.2) is 95.5 Å². The van der Waals surface area contributed by atoms with E-state index in [1.54, 1.807) is 12.2 Å². The summed E-state index contributed by atoms with van der Waals surface area (Å²) in [7, 11) is 0. The van der Waals surface area contributed by atoms with Crippen molar-refractivity contribution in [2.45, 2.75) is 0 Å². The normalized spacial score (nSPS) is 11.4. The molecule has 0 atom stereocenters. The molecule has 5 rings (SSSR count). The van der Waals surface area contributed by atoms with E-state index in [4.69, 9.17) is 10.1 Å². The molecule has 0 radical (unpaired) electrons. The van der Waals surface area contributed by atoms with Gasteiger partial charge in [-0.2, -0.15) is 5.10 Å². The van der Waals surface area contributed by atoms with Crippen molar-refractivity contribution in [2.24, 2.45) is 0 Å². The topological polar surface area (TPSA) is 47.3 Å². The Bertz CT molecular complexity index is 1390. The molecule has 0 saturated heterocycles. The third-order valence-electron chi connectivity index (χ3n) is 4.83. The minimum atomic E-state index is -0.0594. The number of halogens is 1. The van der Waals surface area contributed by atoms with Gasteiger partial charge < -0.3 is 0 Å². The Kier molecular flexibility index (Phi) is 5.32. The van der Waals surface area contributed by atoms with Gasteiger partial charge in [0.05, 0.1) is 11.4 Å². The predicted octanol–water partition coefficient (Wildman–Crippen LogP) is 6.78. The summed E-state index contributed by atoms with van der Waals surface area (Å²) in [6.07, 6.45) is 3.39. The number of hydrogen-bond acceptors (Lipinski definition) is 4. The number of imidazole rings is 1. The van der Waals surface area contributed by atoms with Gasteiger partial charge >= 0.3 is 0 Å². The summed E-state index contributed by atoms with van der Waals surface area (Å²) in [4.78, 5) is 18.3. The molecule has 0 aliphatic rings. The number of hydrogen-bond donors (Lipinski definition) is 0. The second-order valence-corrected chi connectivity index (χ2v) is 8.76. The van der Waals surface area contributed by atoms with Crippen molar-refractivity contribution < 1.29 is 4.79 Å². The second-order valence-electron chi connectivity index (χ2n) is 6.88. The quantitative estimate of drug-likeness (QED) is 0.203. The van der Waals surface area contributed by atoms with Gasteiger partial charge in [-0.05, 0) is 24.3 Å². The van der Waals surface area contributed by atoms with E-state index >= 15 is 0 Å². The fourth-order valence-electron chi connectivity index (χ4n) is 3.28.